The van der Waals surface area contributed by atoms with Crippen molar-refractivity contribution in [1.82, 2.24) is 19.8 Å². The number of anilines is 1. The SMILES string of the molecule is Cc1ncc(NC[C@@H]2CN(CC3CCN(CC4CC4)CC3)C(=O)CO2)nc1C. The van der Waals surface area contributed by atoms with Gasteiger partial charge in [-0.1, -0.05) is 0 Å². The lowest BCUT2D eigenvalue weighted by Gasteiger charge is -2.38. The van der Waals surface area contributed by atoms with Crippen molar-refractivity contribution in [2.24, 2.45) is 11.8 Å². The summed E-state index contributed by atoms with van der Waals surface area (Å²) in [7, 11) is 0. The van der Waals surface area contributed by atoms with E-state index in [1.165, 1.54) is 45.3 Å². The molecule has 2 aliphatic heterocycles. The standard InChI is InChI=1S/C21H33N5O2/c1-15-16(2)24-20(10-22-15)23-9-19-13-26(21(27)14-28-19)12-18-5-7-25(8-6-18)11-17-3-4-17/h10,17-19H,3-9,11-14H2,1-2H3,(H,23,24)/t19-/m1/s1. The van der Waals surface area contributed by atoms with E-state index in [1.54, 1.807) is 6.20 Å². The Labute approximate surface area is 167 Å². The van der Waals surface area contributed by atoms with Gasteiger partial charge in [0.25, 0.3) is 0 Å². The van der Waals surface area contributed by atoms with Crippen molar-refractivity contribution in [3.63, 3.8) is 0 Å². The van der Waals surface area contributed by atoms with Gasteiger partial charge < -0.3 is 19.9 Å². The Morgan fingerprint density at radius 3 is 2.57 bits per heavy atom. The van der Waals surface area contributed by atoms with Gasteiger partial charge in [-0.3, -0.25) is 9.78 Å². The molecule has 1 amide bonds. The van der Waals surface area contributed by atoms with Crippen LogP contribution in [0.1, 0.15) is 37.1 Å². The summed E-state index contributed by atoms with van der Waals surface area (Å²) in [5.41, 5.74) is 1.87. The maximum Gasteiger partial charge on any atom is 0.248 e. The average Bonchev–Trinajstić information content (AvgIpc) is 3.50. The molecule has 1 aromatic rings. The van der Waals surface area contributed by atoms with Gasteiger partial charge in [0.15, 0.2) is 0 Å². The second kappa shape index (κ2) is 8.74. The highest BCUT2D eigenvalue weighted by Crippen LogP contribution is 2.31. The summed E-state index contributed by atoms with van der Waals surface area (Å²) in [4.78, 5) is 25.8. The Morgan fingerprint density at radius 1 is 1.11 bits per heavy atom. The van der Waals surface area contributed by atoms with Crippen LogP contribution in [0.15, 0.2) is 6.20 Å². The number of nitrogens with zero attached hydrogens (tertiary/aromatic N) is 4. The van der Waals surface area contributed by atoms with Crippen LogP contribution in [-0.2, 0) is 9.53 Å². The summed E-state index contributed by atoms with van der Waals surface area (Å²) in [6.45, 7) is 9.94. The number of aromatic nitrogens is 2. The third-order valence-electron chi connectivity index (χ3n) is 6.32. The van der Waals surface area contributed by atoms with Gasteiger partial charge in [-0.25, -0.2) is 4.98 Å². The van der Waals surface area contributed by atoms with Crippen LogP contribution in [0.25, 0.3) is 0 Å². The number of hydrogen-bond acceptors (Lipinski definition) is 6. The molecule has 3 heterocycles. The van der Waals surface area contributed by atoms with E-state index in [4.69, 9.17) is 4.74 Å². The number of carbonyl (C=O) groups excluding carboxylic acids is 1. The smallest absolute Gasteiger partial charge is 0.248 e. The molecule has 7 heteroatoms. The van der Waals surface area contributed by atoms with E-state index in [0.29, 0.717) is 19.0 Å². The predicted octanol–water partition coefficient (Wildman–Crippen LogP) is 1.85. The summed E-state index contributed by atoms with van der Waals surface area (Å²) in [6, 6.07) is 0. The number of piperidine rings is 1. The zero-order chi connectivity index (χ0) is 19.5. The number of rotatable bonds is 7. The number of amides is 1. The van der Waals surface area contributed by atoms with Gasteiger partial charge in [-0.15, -0.1) is 0 Å². The first kappa shape index (κ1) is 19.6. The number of carbonyl (C=O) groups is 1. The van der Waals surface area contributed by atoms with Crippen molar-refractivity contribution >= 4 is 11.7 Å². The number of ether oxygens (including phenoxy) is 1. The fraction of sp³-hybridized carbons (Fsp3) is 0.762. The van der Waals surface area contributed by atoms with E-state index >= 15 is 0 Å². The zero-order valence-electron chi connectivity index (χ0n) is 17.2. The second-order valence-electron chi connectivity index (χ2n) is 8.73. The molecule has 4 rings (SSSR count). The minimum atomic E-state index is -0.00364. The first-order chi connectivity index (χ1) is 13.6. The monoisotopic (exact) mass is 387 g/mol. The molecule has 0 bridgehead atoms. The quantitative estimate of drug-likeness (QED) is 0.770. The minimum absolute atomic E-state index is 0.00364. The number of nitrogens with one attached hydrogen (secondary N) is 1. The van der Waals surface area contributed by atoms with E-state index < -0.39 is 0 Å². The van der Waals surface area contributed by atoms with E-state index in [2.05, 4.69) is 20.2 Å². The normalized spacial score (nSPS) is 24.6. The average molecular weight is 388 g/mol. The van der Waals surface area contributed by atoms with Crippen LogP contribution in [0.5, 0.6) is 0 Å². The predicted molar refractivity (Wildman–Crippen MR) is 108 cm³/mol. The van der Waals surface area contributed by atoms with Gasteiger partial charge >= 0.3 is 0 Å². The lowest BCUT2D eigenvalue weighted by atomic mass is 9.95. The number of hydrogen-bond donors (Lipinski definition) is 1. The molecule has 7 nitrogen and oxygen atoms in total. The summed E-state index contributed by atoms with van der Waals surface area (Å²) in [6.07, 6.45) is 7.01. The molecule has 1 aliphatic carbocycles. The second-order valence-corrected chi connectivity index (χ2v) is 8.73. The fourth-order valence-electron chi connectivity index (χ4n) is 4.15. The van der Waals surface area contributed by atoms with Crippen molar-refractivity contribution in [1.29, 1.82) is 0 Å². The highest BCUT2D eigenvalue weighted by Gasteiger charge is 2.31. The van der Waals surface area contributed by atoms with E-state index in [9.17, 15) is 4.79 Å². The topological polar surface area (TPSA) is 70.6 Å². The minimum Gasteiger partial charge on any atom is -0.366 e. The van der Waals surface area contributed by atoms with Crippen molar-refractivity contribution in [2.75, 3.05) is 51.2 Å². The Hall–Kier alpha value is -1.73. The Morgan fingerprint density at radius 2 is 1.86 bits per heavy atom. The lowest BCUT2D eigenvalue weighted by Crippen LogP contribution is -2.51. The molecule has 1 N–H and O–H groups in total. The van der Waals surface area contributed by atoms with E-state index in [-0.39, 0.29) is 18.6 Å². The Bertz CT molecular complexity index is 685. The molecule has 1 aromatic heterocycles. The molecule has 0 radical (unpaired) electrons. The molecule has 3 fully saturated rings. The van der Waals surface area contributed by atoms with Crippen LogP contribution in [0.4, 0.5) is 5.82 Å². The van der Waals surface area contributed by atoms with Gasteiger partial charge in [0, 0.05) is 26.2 Å². The molecule has 1 atom stereocenters. The maximum atomic E-state index is 12.3. The first-order valence-corrected chi connectivity index (χ1v) is 10.7. The third kappa shape index (κ3) is 5.20. The molecule has 2 saturated heterocycles. The van der Waals surface area contributed by atoms with Crippen LogP contribution in [-0.4, -0.2) is 77.7 Å². The van der Waals surface area contributed by atoms with E-state index in [0.717, 1.165) is 29.7 Å². The highest BCUT2D eigenvalue weighted by molar-refractivity contribution is 5.78. The van der Waals surface area contributed by atoms with E-state index in [1.807, 2.05) is 18.7 Å². The zero-order valence-corrected chi connectivity index (χ0v) is 17.2. The van der Waals surface area contributed by atoms with Crippen molar-refractivity contribution in [2.45, 2.75) is 45.6 Å². The summed E-state index contributed by atoms with van der Waals surface area (Å²) < 4.78 is 5.74. The summed E-state index contributed by atoms with van der Waals surface area (Å²) in [5, 5.41) is 3.31. The number of morpholine rings is 1. The molecule has 3 aliphatic rings. The summed E-state index contributed by atoms with van der Waals surface area (Å²) >= 11 is 0. The van der Waals surface area contributed by atoms with Crippen LogP contribution in [0.2, 0.25) is 0 Å². The van der Waals surface area contributed by atoms with Crippen LogP contribution in [0.3, 0.4) is 0 Å². The van der Waals surface area contributed by atoms with Gasteiger partial charge in [0.2, 0.25) is 5.91 Å². The molecule has 0 aromatic carbocycles. The highest BCUT2D eigenvalue weighted by atomic mass is 16.5. The molecule has 0 unspecified atom stereocenters. The number of aryl methyl sites for hydroxylation is 2. The first-order valence-electron chi connectivity index (χ1n) is 10.7. The molecule has 28 heavy (non-hydrogen) atoms. The fourth-order valence-corrected chi connectivity index (χ4v) is 4.15. The van der Waals surface area contributed by atoms with Gasteiger partial charge in [-0.05, 0) is 64.5 Å². The van der Waals surface area contributed by atoms with Gasteiger partial charge in [0.05, 0.1) is 23.7 Å². The summed E-state index contributed by atoms with van der Waals surface area (Å²) in [5.74, 6) is 2.48. The van der Waals surface area contributed by atoms with Crippen molar-refractivity contribution in [3.8, 4) is 0 Å². The molecular weight excluding hydrogens is 354 g/mol. The van der Waals surface area contributed by atoms with Crippen LogP contribution < -0.4 is 5.32 Å². The van der Waals surface area contributed by atoms with Crippen LogP contribution >= 0.6 is 0 Å². The number of likely N-dealkylation sites (tertiary alicyclic amines) is 1. The Balaban J connectivity index is 1.22. The van der Waals surface area contributed by atoms with Crippen molar-refractivity contribution < 1.29 is 9.53 Å². The molecule has 1 saturated carbocycles. The third-order valence-corrected chi connectivity index (χ3v) is 6.32. The van der Waals surface area contributed by atoms with Gasteiger partial charge in [0.1, 0.15) is 12.4 Å². The molecule has 0 spiro atoms. The van der Waals surface area contributed by atoms with Crippen LogP contribution in [0, 0.1) is 25.7 Å². The molecule has 154 valence electrons. The van der Waals surface area contributed by atoms with Gasteiger partial charge in [-0.2, -0.15) is 0 Å². The molecular formula is C21H33N5O2. The van der Waals surface area contributed by atoms with Crippen molar-refractivity contribution in [3.05, 3.63) is 17.6 Å². The largest absolute Gasteiger partial charge is 0.366 e. The lowest BCUT2D eigenvalue weighted by molar-refractivity contribution is -0.149. The maximum absolute atomic E-state index is 12.3. The Kier molecular flexibility index (Phi) is 6.11.